The lowest BCUT2D eigenvalue weighted by molar-refractivity contribution is -0.117. The zero-order chi connectivity index (χ0) is 14.3. The van der Waals surface area contributed by atoms with Crippen LogP contribution in [-0.2, 0) is 4.79 Å². The van der Waals surface area contributed by atoms with E-state index in [-0.39, 0.29) is 6.42 Å². The van der Waals surface area contributed by atoms with Crippen molar-refractivity contribution >= 4 is 16.0 Å². The monoisotopic (exact) mass is 296 g/mol. The Balaban J connectivity index is 3.68. The quantitative estimate of drug-likeness (QED) is 0.357. The molecule has 0 aromatic carbocycles. The maximum atomic E-state index is 12.0. The van der Waals surface area contributed by atoms with Crippen molar-refractivity contribution < 1.29 is 24.2 Å². The number of carbonyl (C=O) groups is 1. The minimum Gasteiger partial charge on any atom is -0.298 e. The molecule has 0 fully saturated rings. The first-order chi connectivity index (χ1) is 7.93. The van der Waals surface area contributed by atoms with E-state index in [0.717, 1.165) is 32.1 Å². The van der Waals surface area contributed by atoms with Gasteiger partial charge in [0.05, 0.1) is 0 Å². The molecule has 0 aliphatic heterocycles. The number of Topliss-reactive ketones (excluding diaryl/α,β-unsaturated/α-hetero) is 1. The molecule has 7 heteroatoms. The Morgan fingerprint density at radius 2 is 1.28 bits per heavy atom. The van der Waals surface area contributed by atoms with Crippen LogP contribution in [0.1, 0.15) is 58.3 Å². The number of unbranched alkanes of at least 4 members (excludes halogenated alkanes) is 6. The highest BCUT2D eigenvalue weighted by atomic mass is 32.5. The average Bonchev–Trinajstić information content (AvgIpc) is 2.11. The van der Waals surface area contributed by atoms with Gasteiger partial charge in [-0.25, -0.2) is 0 Å². The SMILES string of the molecule is CCCCCCCCCC(=O)CS(F)(F)(F)(F)F. The molecule has 0 saturated carbocycles. The van der Waals surface area contributed by atoms with E-state index in [1.165, 1.54) is 0 Å². The number of rotatable bonds is 10. The molecule has 0 bridgehead atoms. The predicted octanol–water partition coefficient (Wildman–Crippen LogP) is 5.99. The molecule has 0 spiro atoms. The Kier molecular flexibility index (Phi) is 5.65. The molecule has 0 radical (unpaired) electrons. The molecule has 1 nitrogen and oxygen atoms in total. The number of hydrogen-bond acceptors (Lipinski definition) is 1. The van der Waals surface area contributed by atoms with Gasteiger partial charge < -0.3 is 0 Å². The summed E-state index contributed by atoms with van der Waals surface area (Å²) < 4.78 is 59.8. The van der Waals surface area contributed by atoms with Crippen LogP contribution in [0.25, 0.3) is 0 Å². The van der Waals surface area contributed by atoms with E-state index in [1.807, 2.05) is 0 Å². The molecule has 0 aromatic heterocycles. The fraction of sp³-hybridized carbons (Fsp3) is 0.909. The second-order valence-electron chi connectivity index (χ2n) is 4.68. The molecule has 0 amide bonds. The van der Waals surface area contributed by atoms with Crippen LogP contribution in [0.5, 0.6) is 0 Å². The third-order valence-electron chi connectivity index (χ3n) is 2.49. The third kappa shape index (κ3) is 13.7. The van der Waals surface area contributed by atoms with Crippen LogP contribution in [0.3, 0.4) is 0 Å². The summed E-state index contributed by atoms with van der Waals surface area (Å²) in [6, 6.07) is 0. The Morgan fingerprint density at radius 3 is 1.72 bits per heavy atom. The van der Waals surface area contributed by atoms with Crippen molar-refractivity contribution in [3.05, 3.63) is 0 Å². The minimum atomic E-state index is -9.55. The fourth-order valence-electron chi connectivity index (χ4n) is 1.66. The van der Waals surface area contributed by atoms with Gasteiger partial charge in [0.15, 0.2) is 5.78 Å². The summed E-state index contributed by atoms with van der Waals surface area (Å²) in [5.74, 6) is -3.95. The van der Waals surface area contributed by atoms with Crippen LogP contribution in [0, 0.1) is 0 Å². The Hall–Kier alpha value is -0.330. The summed E-state index contributed by atoms with van der Waals surface area (Å²) in [4.78, 5) is 10.8. The third-order valence-corrected chi connectivity index (χ3v) is 3.36. The van der Waals surface area contributed by atoms with Crippen LogP contribution in [0.4, 0.5) is 19.4 Å². The van der Waals surface area contributed by atoms with Gasteiger partial charge in [-0.1, -0.05) is 64.9 Å². The Morgan fingerprint density at radius 1 is 0.833 bits per heavy atom. The standard InChI is InChI=1S/C11H21F5OS/c1-2-3-4-5-6-7-8-9-11(17)10-18(12,13,14,15)16/h2-10H2,1H3. The first kappa shape index (κ1) is 17.7. The van der Waals surface area contributed by atoms with Crippen LogP contribution in [0.15, 0.2) is 0 Å². The molecule has 112 valence electrons. The molecular formula is C11H21F5OS. The normalized spacial score (nSPS) is 16.1. The summed E-state index contributed by atoms with van der Waals surface area (Å²) in [5, 5.41) is 0. The zero-order valence-electron chi connectivity index (χ0n) is 10.6. The van der Waals surface area contributed by atoms with Crippen LogP contribution < -0.4 is 0 Å². The topological polar surface area (TPSA) is 17.1 Å². The van der Waals surface area contributed by atoms with E-state index in [4.69, 9.17) is 0 Å². The number of hydrogen-bond donors (Lipinski definition) is 0. The molecule has 0 unspecified atom stereocenters. The number of carbonyl (C=O) groups excluding carboxylic acids is 1. The molecular weight excluding hydrogens is 275 g/mol. The van der Waals surface area contributed by atoms with Crippen LogP contribution in [-0.4, -0.2) is 11.5 Å². The molecule has 0 aliphatic carbocycles. The molecule has 0 rings (SSSR count). The maximum absolute atomic E-state index is 12.0. The average molecular weight is 296 g/mol. The van der Waals surface area contributed by atoms with Gasteiger partial charge >= 0.3 is 0 Å². The number of halogens is 5. The second kappa shape index (κ2) is 5.75. The van der Waals surface area contributed by atoms with Gasteiger partial charge in [0, 0.05) is 6.42 Å². The van der Waals surface area contributed by atoms with E-state index in [9.17, 15) is 24.2 Å². The van der Waals surface area contributed by atoms with Crippen molar-refractivity contribution in [2.75, 3.05) is 5.75 Å². The smallest absolute Gasteiger partial charge is 0.292 e. The molecule has 0 N–H and O–H groups in total. The molecule has 0 heterocycles. The van der Waals surface area contributed by atoms with Crippen molar-refractivity contribution in [1.82, 2.24) is 0 Å². The van der Waals surface area contributed by atoms with E-state index in [0.29, 0.717) is 6.42 Å². The maximum Gasteiger partial charge on any atom is 0.292 e. The van der Waals surface area contributed by atoms with Gasteiger partial charge in [-0.2, -0.15) is 0 Å². The van der Waals surface area contributed by atoms with Crippen LogP contribution in [0.2, 0.25) is 0 Å². The van der Waals surface area contributed by atoms with Crippen molar-refractivity contribution in [2.45, 2.75) is 58.3 Å². The van der Waals surface area contributed by atoms with E-state index in [1.54, 1.807) is 0 Å². The lowest BCUT2D eigenvalue weighted by atomic mass is 10.1. The van der Waals surface area contributed by atoms with Gasteiger partial charge in [-0.15, -0.1) is 0 Å². The van der Waals surface area contributed by atoms with Gasteiger partial charge in [-0.05, 0) is 6.42 Å². The van der Waals surface area contributed by atoms with Crippen molar-refractivity contribution in [3.63, 3.8) is 0 Å². The fourth-order valence-corrected chi connectivity index (χ4v) is 2.41. The summed E-state index contributed by atoms with van der Waals surface area (Å²) >= 11 is 0. The first-order valence-corrected chi connectivity index (χ1v) is 8.30. The largest absolute Gasteiger partial charge is 0.298 e. The molecule has 0 atom stereocenters. The van der Waals surface area contributed by atoms with Gasteiger partial charge in [-0.3, -0.25) is 4.79 Å². The lowest BCUT2D eigenvalue weighted by Crippen LogP contribution is -2.19. The molecule has 0 aromatic rings. The van der Waals surface area contributed by atoms with Crippen molar-refractivity contribution in [2.24, 2.45) is 0 Å². The van der Waals surface area contributed by atoms with E-state index in [2.05, 4.69) is 6.92 Å². The summed E-state index contributed by atoms with van der Waals surface area (Å²) in [6.45, 7) is 2.07. The lowest BCUT2D eigenvalue weighted by Gasteiger charge is -2.39. The summed E-state index contributed by atoms with van der Waals surface area (Å²) in [5.41, 5.74) is 0. The van der Waals surface area contributed by atoms with E-state index < -0.39 is 28.2 Å². The van der Waals surface area contributed by atoms with Gasteiger partial charge in [0.2, 0.25) is 0 Å². The second-order valence-corrected chi connectivity index (χ2v) is 7.23. The molecule has 0 saturated heterocycles. The zero-order valence-corrected chi connectivity index (χ0v) is 11.4. The van der Waals surface area contributed by atoms with Crippen LogP contribution >= 0.6 is 10.2 Å². The van der Waals surface area contributed by atoms with Gasteiger partial charge in [0.25, 0.3) is 10.2 Å². The highest BCUT2D eigenvalue weighted by Gasteiger charge is 2.64. The molecule has 18 heavy (non-hydrogen) atoms. The number of ketones is 1. The first-order valence-electron chi connectivity index (χ1n) is 6.18. The highest BCUT2D eigenvalue weighted by molar-refractivity contribution is 8.46. The van der Waals surface area contributed by atoms with Gasteiger partial charge in [0.1, 0.15) is 5.75 Å². The highest BCUT2D eigenvalue weighted by Crippen LogP contribution is 2.97. The Labute approximate surface area is 105 Å². The van der Waals surface area contributed by atoms with Crippen molar-refractivity contribution in [1.29, 1.82) is 0 Å². The molecule has 0 aliphatic rings. The van der Waals surface area contributed by atoms with E-state index >= 15 is 0 Å². The van der Waals surface area contributed by atoms with Crippen molar-refractivity contribution in [3.8, 4) is 0 Å². The summed E-state index contributed by atoms with van der Waals surface area (Å²) in [7, 11) is -9.55. The predicted molar refractivity (Wildman–Crippen MR) is 65.6 cm³/mol. The Bertz CT molecular complexity index is 271. The minimum absolute atomic E-state index is 0.263. The summed E-state index contributed by atoms with van der Waals surface area (Å²) in [6.07, 6.45) is 5.57.